The lowest BCUT2D eigenvalue weighted by atomic mass is 10.1. The zero-order valence-corrected chi connectivity index (χ0v) is 18.5. The van der Waals surface area contributed by atoms with E-state index in [1.54, 1.807) is 0 Å². The molecule has 0 amide bonds. The molecule has 0 saturated carbocycles. The van der Waals surface area contributed by atoms with E-state index in [0.29, 0.717) is 6.61 Å². The fourth-order valence-electron chi connectivity index (χ4n) is 2.90. The minimum atomic E-state index is -0.570. The largest absolute Gasteiger partial charge is 0.463 e. The predicted molar refractivity (Wildman–Crippen MR) is 121 cm³/mol. The number of carbonyl (C=O) groups is 2. The van der Waals surface area contributed by atoms with Gasteiger partial charge < -0.3 is 9.47 Å². The van der Waals surface area contributed by atoms with Crippen LogP contribution in [0.4, 0.5) is 0 Å². The van der Waals surface area contributed by atoms with Crippen molar-refractivity contribution in [2.45, 2.75) is 96.8 Å². The lowest BCUT2D eigenvalue weighted by Crippen LogP contribution is -2.05. The van der Waals surface area contributed by atoms with Crippen molar-refractivity contribution in [2.75, 3.05) is 13.2 Å². The third-order valence-corrected chi connectivity index (χ3v) is 4.60. The number of allylic oxidation sites excluding steroid dienone is 2. The van der Waals surface area contributed by atoms with E-state index in [1.165, 1.54) is 83.1 Å². The van der Waals surface area contributed by atoms with Gasteiger partial charge >= 0.3 is 11.9 Å². The van der Waals surface area contributed by atoms with E-state index in [1.807, 2.05) is 0 Å². The zero-order valence-electron chi connectivity index (χ0n) is 18.5. The molecule has 166 valence electrons. The maximum atomic E-state index is 11.4. The van der Waals surface area contributed by atoms with E-state index < -0.39 is 11.9 Å². The summed E-state index contributed by atoms with van der Waals surface area (Å²) >= 11 is 0. The summed E-state index contributed by atoms with van der Waals surface area (Å²) in [5.41, 5.74) is 0. The Bertz CT molecular complexity index is 465. The normalized spacial score (nSPS) is 11.2. The summed E-state index contributed by atoms with van der Waals surface area (Å²) in [5, 5.41) is 0. The quantitative estimate of drug-likeness (QED) is 0.0959. The van der Waals surface area contributed by atoms with Gasteiger partial charge in [-0.2, -0.15) is 0 Å². The van der Waals surface area contributed by atoms with Crippen molar-refractivity contribution in [2.24, 2.45) is 0 Å². The lowest BCUT2D eigenvalue weighted by Gasteiger charge is -2.02. The van der Waals surface area contributed by atoms with Crippen LogP contribution in [0.1, 0.15) is 96.8 Å². The summed E-state index contributed by atoms with van der Waals surface area (Å²) in [7, 11) is 0. The SMILES string of the molecule is C=CCOC(=O)/C=C\C(=O)OCCCCCCCC/C=C\CCCCCCCC. The molecule has 29 heavy (non-hydrogen) atoms. The molecular weight excluding hydrogens is 364 g/mol. The van der Waals surface area contributed by atoms with Crippen LogP contribution in [0.5, 0.6) is 0 Å². The molecule has 0 aromatic carbocycles. The molecule has 0 aliphatic rings. The third-order valence-electron chi connectivity index (χ3n) is 4.60. The molecule has 0 aliphatic heterocycles. The monoisotopic (exact) mass is 406 g/mol. The zero-order chi connectivity index (χ0) is 21.4. The second-order valence-electron chi connectivity index (χ2n) is 7.36. The molecule has 0 saturated heterocycles. The minimum Gasteiger partial charge on any atom is -0.463 e. The molecular formula is C25H42O4. The van der Waals surface area contributed by atoms with E-state index in [-0.39, 0.29) is 6.61 Å². The summed E-state index contributed by atoms with van der Waals surface area (Å²) in [6.45, 7) is 6.23. The Kier molecular flexibility index (Phi) is 21.0. The number of carbonyl (C=O) groups excluding carboxylic acids is 2. The molecule has 4 nitrogen and oxygen atoms in total. The molecule has 0 bridgehead atoms. The molecule has 0 N–H and O–H groups in total. The van der Waals surface area contributed by atoms with Crippen LogP contribution in [-0.2, 0) is 19.1 Å². The Hall–Kier alpha value is -1.84. The van der Waals surface area contributed by atoms with E-state index in [2.05, 4.69) is 25.7 Å². The van der Waals surface area contributed by atoms with Gasteiger partial charge in [0.15, 0.2) is 0 Å². The first-order chi connectivity index (χ1) is 14.2. The number of hydrogen-bond donors (Lipinski definition) is 0. The fourth-order valence-corrected chi connectivity index (χ4v) is 2.90. The molecule has 4 heteroatoms. The molecule has 0 spiro atoms. The highest BCUT2D eigenvalue weighted by atomic mass is 16.5. The summed E-state index contributed by atoms with van der Waals surface area (Å²) in [4.78, 5) is 22.6. The number of unbranched alkanes of at least 4 members (excludes halogenated alkanes) is 12. The lowest BCUT2D eigenvalue weighted by molar-refractivity contribution is -0.140. The van der Waals surface area contributed by atoms with Gasteiger partial charge in [0.05, 0.1) is 6.61 Å². The van der Waals surface area contributed by atoms with Crippen LogP contribution in [0.15, 0.2) is 37.0 Å². The Morgan fingerprint density at radius 3 is 1.72 bits per heavy atom. The Balaban J connectivity index is 3.33. The van der Waals surface area contributed by atoms with Crippen LogP contribution in [0, 0.1) is 0 Å². The highest BCUT2D eigenvalue weighted by Crippen LogP contribution is 2.10. The average Bonchev–Trinajstić information content (AvgIpc) is 2.72. The van der Waals surface area contributed by atoms with Crippen LogP contribution >= 0.6 is 0 Å². The topological polar surface area (TPSA) is 52.6 Å². The first kappa shape index (κ1) is 27.2. The van der Waals surface area contributed by atoms with Crippen LogP contribution in [0.25, 0.3) is 0 Å². The molecule has 0 fully saturated rings. The van der Waals surface area contributed by atoms with Gasteiger partial charge in [0.2, 0.25) is 0 Å². The fraction of sp³-hybridized carbons (Fsp3) is 0.680. The van der Waals surface area contributed by atoms with Crippen molar-refractivity contribution in [1.82, 2.24) is 0 Å². The summed E-state index contributed by atoms with van der Waals surface area (Å²) in [6.07, 6.45) is 25.8. The molecule has 0 aromatic heterocycles. The number of hydrogen-bond acceptors (Lipinski definition) is 4. The summed E-state index contributed by atoms with van der Waals surface area (Å²) in [6, 6.07) is 0. The molecule has 0 unspecified atom stereocenters. The van der Waals surface area contributed by atoms with Crippen molar-refractivity contribution < 1.29 is 19.1 Å². The molecule has 0 aliphatic carbocycles. The molecule has 0 rings (SSSR count). The summed E-state index contributed by atoms with van der Waals surface area (Å²) in [5.74, 6) is -1.08. The minimum absolute atomic E-state index is 0.133. The van der Waals surface area contributed by atoms with Crippen LogP contribution in [0.3, 0.4) is 0 Å². The second kappa shape index (κ2) is 22.4. The maximum absolute atomic E-state index is 11.4. The smallest absolute Gasteiger partial charge is 0.331 e. The van der Waals surface area contributed by atoms with E-state index >= 15 is 0 Å². The van der Waals surface area contributed by atoms with Crippen molar-refractivity contribution in [3.8, 4) is 0 Å². The highest BCUT2D eigenvalue weighted by Gasteiger charge is 2.00. The second-order valence-corrected chi connectivity index (χ2v) is 7.36. The Labute approximate surface area is 178 Å². The molecule has 0 atom stereocenters. The van der Waals surface area contributed by atoms with Gasteiger partial charge in [0.1, 0.15) is 6.61 Å². The van der Waals surface area contributed by atoms with E-state index in [9.17, 15) is 9.59 Å². The molecule has 0 heterocycles. The van der Waals surface area contributed by atoms with Crippen molar-refractivity contribution >= 4 is 11.9 Å². The van der Waals surface area contributed by atoms with Gasteiger partial charge in [0.25, 0.3) is 0 Å². The maximum Gasteiger partial charge on any atom is 0.331 e. The molecule has 0 radical (unpaired) electrons. The number of rotatable bonds is 20. The van der Waals surface area contributed by atoms with Gasteiger partial charge in [-0.3, -0.25) is 0 Å². The Morgan fingerprint density at radius 2 is 1.17 bits per heavy atom. The standard InChI is InChI=1S/C25H42O4/c1-3-5-6-7-8-9-10-11-12-13-14-15-16-17-18-19-23-29-25(27)21-20-24(26)28-22-4-2/h4,11-12,20-21H,2-3,5-10,13-19,22-23H2,1H3/b12-11-,21-20-. The van der Waals surface area contributed by atoms with Gasteiger partial charge in [-0.15, -0.1) is 0 Å². The number of esters is 2. The van der Waals surface area contributed by atoms with Gasteiger partial charge in [-0.25, -0.2) is 9.59 Å². The van der Waals surface area contributed by atoms with Crippen molar-refractivity contribution in [3.63, 3.8) is 0 Å². The first-order valence-electron chi connectivity index (χ1n) is 11.5. The van der Waals surface area contributed by atoms with Crippen LogP contribution in [0.2, 0.25) is 0 Å². The van der Waals surface area contributed by atoms with Crippen LogP contribution < -0.4 is 0 Å². The van der Waals surface area contributed by atoms with Crippen molar-refractivity contribution in [3.05, 3.63) is 37.0 Å². The average molecular weight is 407 g/mol. The van der Waals surface area contributed by atoms with Crippen LogP contribution in [-0.4, -0.2) is 25.2 Å². The van der Waals surface area contributed by atoms with Gasteiger partial charge in [-0.1, -0.05) is 89.5 Å². The predicted octanol–water partition coefficient (Wildman–Crippen LogP) is 6.85. The van der Waals surface area contributed by atoms with Gasteiger partial charge in [-0.05, 0) is 32.1 Å². The van der Waals surface area contributed by atoms with Gasteiger partial charge in [0, 0.05) is 12.2 Å². The number of ether oxygens (including phenoxy) is 2. The molecule has 0 aromatic rings. The van der Waals surface area contributed by atoms with Crippen molar-refractivity contribution in [1.29, 1.82) is 0 Å². The van der Waals surface area contributed by atoms with E-state index in [0.717, 1.165) is 25.0 Å². The highest BCUT2D eigenvalue weighted by molar-refractivity contribution is 5.91. The summed E-state index contributed by atoms with van der Waals surface area (Å²) < 4.78 is 9.78. The Morgan fingerprint density at radius 1 is 0.690 bits per heavy atom. The first-order valence-corrected chi connectivity index (χ1v) is 11.5. The van der Waals surface area contributed by atoms with E-state index in [4.69, 9.17) is 9.47 Å². The third kappa shape index (κ3) is 22.3.